The fraction of sp³-hybridized carbons (Fsp3) is 0.500. The molecule has 3 heteroatoms. The number of aliphatic hydroxyl groups is 1. The summed E-state index contributed by atoms with van der Waals surface area (Å²) in [7, 11) is 0. The SMILES string of the molecule is OC(CC1CC1)c1cccc(C(F)F)c1. The van der Waals surface area contributed by atoms with Crippen LogP contribution in [0.25, 0.3) is 0 Å². The van der Waals surface area contributed by atoms with Gasteiger partial charge in [0.25, 0.3) is 6.43 Å². The molecule has 0 radical (unpaired) electrons. The lowest BCUT2D eigenvalue weighted by Crippen LogP contribution is -1.99. The van der Waals surface area contributed by atoms with Crippen LogP contribution in [0.5, 0.6) is 0 Å². The van der Waals surface area contributed by atoms with Gasteiger partial charge in [-0.2, -0.15) is 0 Å². The van der Waals surface area contributed by atoms with Gasteiger partial charge in [0.2, 0.25) is 0 Å². The molecule has 1 fully saturated rings. The molecule has 1 N–H and O–H groups in total. The maximum atomic E-state index is 12.4. The Labute approximate surface area is 87.7 Å². The summed E-state index contributed by atoms with van der Waals surface area (Å²) in [5, 5.41) is 9.79. The van der Waals surface area contributed by atoms with Crippen molar-refractivity contribution in [2.75, 3.05) is 0 Å². The van der Waals surface area contributed by atoms with Crippen LogP contribution < -0.4 is 0 Å². The van der Waals surface area contributed by atoms with Gasteiger partial charge < -0.3 is 5.11 Å². The molecule has 1 aromatic rings. The van der Waals surface area contributed by atoms with Crippen molar-refractivity contribution in [3.8, 4) is 0 Å². The molecule has 1 aliphatic carbocycles. The second-order valence-electron chi connectivity index (χ2n) is 4.17. The fourth-order valence-corrected chi connectivity index (χ4v) is 1.71. The van der Waals surface area contributed by atoms with E-state index in [1.165, 1.54) is 12.1 Å². The Morgan fingerprint density at radius 3 is 2.53 bits per heavy atom. The number of aliphatic hydroxyl groups excluding tert-OH is 1. The lowest BCUT2D eigenvalue weighted by molar-refractivity contribution is 0.147. The number of benzene rings is 1. The third kappa shape index (κ3) is 2.75. The van der Waals surface area contributed by atoms with Crippen LogP contribution in [0.1, 0.15) is 42.9 Å². The highest BCUT2D eigenvalue weighted by molar-refractivity contribution is 5.26. The molecule has 1 aliphatic rings. The summed E-state index contributed by atoms with van der Waals surface area (Å²) in [5.41, 5.74) is 0.599. The highest BCUT2D eigenvalue weighted by Gasteiger charge is 2.25. The molecule has 1 nitrogen and oxygen atoms in total. The topological polar surface area (TPSA) is 20.2 Å². The second kappa shape index (κ2) is 4.27. The van der Waals surface area contributed by atoms with Crippen molar-refractivity contribution in [3.05, 3.63) is 35.4 Å². The molecule has 0 heterocycles. The van der Waals surface area contributed by atoms with Gasteiger partial charge in [0, 0.05) is 5.56 Å². The van der Waals surface area contributed by atoms with Gasteiger partial charge in [-0.05, 0) is 24.0 Å². The van der Waals surface area contributed by atoms with E-state index in [9.17, 15) is 13.9 Å². The average Bonchev–Trinajstić information content (AvgIpc) is 3.02. The Bertz CT molecular complexity index is 334. The minimum Gasteiger partial charge on any atom is -0.388 e. The predicted molar refractivity (Wildman–Crippen MR) is 53.7 cm³/mol. The second-order valence-corrected chi connectivity index (χ2v) is 4.17. The standard InChI is InChI=1S/C12H14F2O/c13-12(14)10-3-1-2-9(7-10)11(15)6-8-4-5-8/h1-3,7-8,11-12,15H,4-6H2. The molecular weight excluding hydrogens is 198 g/mol. The molecule has 1 atom stereocenters. The first-order valence-electron chi connectivity index (χ1n) is 5.23. The van der Waals surface area contributed by atoms with Crippen LogP contribution in [0.3, 0.4) is 0 Å². The molecule has 0 aliphatic heterocycles. The van der Waals surface area contributed by atoms with Gasteiger partial charge in [-0.1, -0.05) is 31.0 Å². The van der Waals surface area contributed by atoms with Gasteiger partial charge in [-0.15, -0.1) is 0 Å². The average molecular weight is 212 g/mol. The van der Waals surface area contributed by atoms with Gasteiger partial charge in [-0.25, -0.2) is 8.78 Å². The lowest BCUT2D eigenvalue weighted by Gasteiger charge is -2.11. The molecule has 0 aromatic heterocycles. The van der Waals surface area contributed by atoms with Gasteiger partial charge >= 0.3 is 0 Å². The van der Waals surface area contributed by atoms with Gasteiger partial charge in [0.05, 0.1) is 6.10 Å². The van der Waals surface area contributed by atoms with E-state index >= 15 is 0 Å². The van der Waals surface area contributed by atoms with E-state index in [1.807, 2.05) is 0 Å². The number of hydrogen-bond donors (Lipinski definition) is 1. The van der Waals surface area contributed by atoms with Crippen LogP contribution in [-0.2, 0) is 0 Å². The smallest absolute Gasteiger partial charge is 0.263 e. The van der Waals surface area contributed by atoms with Crippen molar-refractivity contribution in [1.29, 1.82) is 0 Å². The van der Waals surface area contributed by atoms with E-state index in [-0.39, 0.29) is 5.56 Å². The van der Waals surface area contributed by atoms with Crippen molar-refractivity contribution >= 4 is 0 Å². The summed E-state index contributed by atoms with van der Waals surface area (Å²) in [4.78, 5) is 0. The molecule has 2 rings (SSSR count). The molecule has 0 spiro atoms. The maximum Gasteiger partial charge on any atom is 0.263 e. The molecule has 1 aromatic carbocycles. The monoisotopic (exact) mass is 212 g/mol. The molecule has 0 saturated heterocycles. The van der Waals surface area contributed by atoms with Gasteiger partial charge in [-0.3, -0.25) is 0 Å². The van der Waals surface area contributed by atoms with Gasteiger partial charge in [0.1, 0.15) is 0 Å². The first-order valence-corrected chi connectivity index (χ1v) is 5.23. The first-order chi connectivity index (χ1) is 7.16. The Kier molecular flexibility index (Phi) is 3.00. The third-order valence-electron chi connectivity index (χ3n) is 2.80. The maximum absolute atomic E-state index is 12.4. The Morgan fingerprint density at radius 1 is 1.27 bits per heavy atom. The van der Waals surface area contributed by atoms with E-state index < -0.39 is 12.5 Å². The van der Waals surface area contributed by atoms with Gasteiger partial charge in [0.15, 0.2) is 0 Å². The predicted octanol–water partition coefficient (Wildman–Crippen LogP) is 3.46. The van der Waals surface area contributed by atoms with Crippen LogP contribution in [-0.4, -0.2) is 5.11 Å². The number of rotatable bonds is 4. The zero-order valence-corrected chi connectivity index (χ0v) is 8.37. The minimum atomic E-state index is -2.46. The number of halogens is 2. The summed E-state index contributed by atoms with van der Waals surface area (Å²) in [6, 6.07) is 6.07. The lowest BCUT2D eigenvalue weighted by atomic mass is 10.0. The van der Waals surface area contributed by atoms with E-state index in [4.69, 9.17) is 0 Å². The molecule has 1 saturated carbocycles. The minimum absolute atomic E-state index is 0.0117. The van der Waals surface area contributed by atoms with E-state index in [0.29, 0.717) is 17.9 Å². The Balaban J connectivity index is 2.08. The van der Waals surface area contributed by atoms with Crippen LogP contribution in [0.15, 0.2) is 24.3 Å². The molecule has 0 bridgehead atoms. The van der Waals surface area contributed by atoms with Crippen molar-refractivity contribution in [3.63, 3.8) is 0 Å². The van der Waals surface area contributed by atoms with E-state index in [1.54, 1.807) is 12.1 Å². The molecule has 1 unspecified atom stereocenters. The molecule has 15 heavy (non-hydrogen) atoms. The summed E-state index contributed by atoms with van der Waals surface area (Å²) in [6.07, 6.45) is -0.0292. The quantitative estimate of drug-likeness (QED) is 0.810. The zero-order chi connectivity index (χ0) is 10.8. The van der Waals surface area contributed by atoms with E-state index in [0.717, 1.165) is 12.8 Å². The highest BCUT2D eigenvalue weighted by Crippen LogP contribution is 2.37. The number of hydrogen-bond acceptors (Lipinski definition) is 1. The van der Waals surface area contributed by atoms with Crippen LogP contribution in [0.2, 0.25) is 0 Å². The van der Waals surface area contributed by atoms with Crippen LogP contribution >= 0.6 is 0 Å². The number of alkyl halides is 2. The van der Waals surface area contributed by atoms with Crippen molar-refractivity contribution in [2.24, 2.45) is 5.92 Å². The summed E-state index contributed by atoms with van der Waals surface area (Å²) >= 11 is 0. The normalized spacial score (nSPS) is 18.1. The third-order valence-corrected chi connectivity index (χ3v) is 2.80. The van der Waals surface area contributed by atoms with Crippen LogP contribution in [0.4, 0.5) is 8.78 Å². The van der Waals surface area contributed by atoms with Crippen molar-refractivity contribution in [1.82, 2.24) is 0 Å². The first kappa shape index (κ1) is 10.6. The highest BCUT2D eigenvalue weighted by atomic mass is 19.3. The Hall–Kier alpha value is -0.960. The molecule has 0 amide bonds. The summed E-state index contributed by atoms with van der Waals surface area (Å²) in [6.45, 7) is 0. The summed E-state index contributed by atoms with van der Waals surface area (Å²) in [5.74, 6) is 0.593. The Morgan fingerprint density at radius 2 is 1.93 bits per heavy atom. The van der Waals surface area contributed by atoms with Crippen molar-refractivity contribution < 1.29 is 13.9 Å². The van der Waals surface area contributed by atoms with Crippen LogP contribution in [0, 0.1) is 5.92 Å². The largest absolute Gasteiger partial charge is 0.388 e. The fourth-order valence-electron chi connectivity index (χ4n) is 1.71. The van der Waals surface area contributed by atoms with E-state index in [2.05, 4.69) is 0 Å². The molecule has 82 valence electrons. The zero-order valence-electron chi connectivity index (χ0n) is 8.37. The van der Waals surface area contributed by atoms with Crippen molar-refractivity contribution in [2.45, 2.75) is 31.8 Å². The molecular formula is C12H14F2O. The summed E-state index contributed by atoms with van der Waals surface area (Å²) < 4.78 is 24.8.